The monoisotopic (exact) mass is 287 g/mol. The third kappa shape index (κ3) is 3.78. The topological polar surface area (TPSA) is 68.0 Å². The average molecular weight is 287 g/mol. The predicted octanol–water partition coefficient (Wildman–Crippen LogP) is 2.93. The second-order valence-corrected chi connectivity index (χ2v) is 5.22. The van der Waals surface area contributed by atoms with Gasteiger partial charge in [-0.05, 0) is 35.7 Å². The highest BCUT2D eigenvalue weighted by Crippen LogP contribution is 2.22. The van der Waals surface area contributed by atoms with Crippen LogP contribution in [0.25, 0.3) is 0 Å². The Morgan fingerprint density at radius 2 is 1.86 bits per heavy atom. The number of hydrogen-bond acceptors (Lipinski definition) is 3. The number of amides is 1. The van der Waals surface area contributed by atoms with Crippen LogP contribution >= 0.6 is 0 Å². The van der Waals surface area contributed by atoms with Gasteiger partial charge in [0.1, 0.15) is 11.5 Å². The molecular weight excluding hydrogens is 269 g/mol. The van der Waals surface area contributed by atoms with Crippen LogP contribution in [0.2, 0.25) is 0 Å². The fraction of sp³-hybridized carbons (Fsp3) is 0.250. The van der Waals surface area contributed by atoms with E-state index in [4.69, 9.17) is 5.73 Å². The molecule has 0 radical (unpaired) electrons. The molecule has 0 aliphatic rings. The zero-order valence-electron chi connectivity index (χ0n) is 12.0. The number of aromatic nitrogens is 1. The smallest absolute Gasteiger partial charge is 0.270 e. The number of carbonyl (C=O) groups is 1. The Balaban J connectivity index is 2.18. The number of nitrogens with two attached hydrogens (primary N) is 1. The highest BCUT2D eigenvalue weighted by molar-refractivity contribution is 5.92. The van der Waals surface area contributed by atoms with E-state index in [0.717, 1.165) is 5.56 Å². The number of nitrogens with zero attached hydrogens (tertiary/aromatic N) is 1. The first-order valence-electron chi connectivity index (χ1n) is 6.75. The van der Waals surface area contributed by atoms with E-state index in [1.807, 2.05) is 13.8 Å². The van der Waals surface area contributed by atoms with Gasteiger partial charge in [0.15, 0.2) is 0 Å². The van der Waals surface area contributed by atoms with Crippen LogP contribution in [0.15, 0.2) is 42.6 Å². The third-order valence-electron chi connectivity index (χ3n) is 3.20. The first-order valence-corrected chi connectivity index (χ1v) is 6.75. The van der Waals surface area contributed by atoms with Crippen molar-refractivity contribution in [3.63, 3.8) is 0 Å². The molecule has 5 heteroatoms. The largest absolute Gasteiger partial charge is 0.397 e. The molecule has 0 aliphatic carbocycles. The molecule has 1 aromatic carbocycles. The lowest BCUT2D eigenvalue weighted by molar-refractivity contribution is 0.0920. The summed E-state index contributed by atoms with van der Waals surface area (Å²) in [4.78, 5) is 16.2. The van der Waals surface area contributed by atoms with Gasteiger partial charge in [-0.1, -0.05) is 26.0 Å². The second-order valence-electron chi connectivity index (χ2n) is 5.22. The van der Waals surface area contributed by atoms with Crippen molar-refractivity contribution in [2.75, 3.05) is 5.73 Å². The van der Waals surface area contributed by atoms with Gasteiger partial charge in [0.2, 0.25) is 0 Å². The molecular formula is C16H18FN3O. The van der Waals surface area contributed by atoms with Crippen LogP contribution in [0.4, 0.5) is 10.1 Å². The highest BCUT2D eigenvalue weighted by Gasteiger charge is 2.19. The fourth-order valence-electron chi connectivity index (χ4n) is 2.06. The van der Waals surface area contributed by atoms with E-state index in [9.17, 15) is 9.18 Å². The Kier molecular flexibility index (Phi) is 4.52. The van der Waals surface area contributed by atoms with E-state index >= 15 is 0 Å². The molecule has 2 aromatic rings. The van der Waals surface area contributed by atoms with Crippen molar-refractivity contribution in [1.29, 1.82) is 0 Å². The lowest BCUT2D eigenvalue weighted by atomic mass is 9.96. The standard InChI is InChI=1S/C16H18FN3O/c1-10(2)15(11-3-5-12(17)6-4-11)20-16(21)14-8-7-13(18)9-19-14/h3-10,15H,18H2,1-2H3,(H,20,21). The Bertz CT molecular complexity index is 608. The molecule has 1 amide bonds. The molecule has 2 rings (SSSR count). The maximum absolute atomic E-state index is 13.0. The van der Waals surface area contributed by atoms with Crippen molar-refractivity contribution in [2.45, 2.75) is 19.9 Å². The molecule has 3 N–H and O–H groups in total. The molecule has 0 aliphatic heterocycles. The van der Waals surface area contributed by atoms with E-state index in [1.54, 1.807) is 24.3 Å². The van der Waals surface area contributed by atoms with Crippen molar-refractivity contribution in [3.05, 3.63) is 59.7 Å². The SMILES string of the molecule is CC(C)C(NC(=O)c1ccc(N)cn1)c1ccc(F)cc1. The van der Waals surface area contributed by atoms with Crippen LogP contribution in [0.1, 0.15) is 35.9 Å². The first-order chi connectivity index (χ1) is 9.97. The van der Waals surface area contributed by atoms with Gasteiger partial charge in [0.25, 0.3) is 5.91 Å². The minimum absolute atomic E-state index is 0.160. The number of benzene rings is 1. The predicted molar refractivity (Wildman–Crippen MR) is 80.1 cm³/mol. The molecule has 110 valence electrons. The number of nitrogens with one attached hydrogen (secondary N) is 1. The number of carbonyl (C=O) groups excluding carboxylic acids is 1. The molecule has 0 saturated carbocycles. The van der Waals surface area contributed by atoms with Crippen LogP contribution in [0.5, 0.6) is 0 Å². The number of nitrogen functional groups attached to an aromatic ring is 1. The van der Waals surface area contributed by atoms with Gasteiger partial charge in [0, 0.05) is 0 Å². The van der Waals surface area contributed by atoms with Gasteiger partial charge in [-0.2, -0.15) is 0 Å². The van der Waals surface area contributed by atoms with Gasteiger partial charge in [-0.15, -0.1) is 0 Å². The number of rotatable bonds is 4. The molecule has 0 fully saturated rings. The van der Waals surface area contributed by atoms with Gasteiger partial charge in [-0.25, -0.2) is 9.37 Å². The molecule has 0 spiro atoms. The summed E-state index contributed by atoms with van der Waals surface area (Å²) in [5, 5.41) is 2.92. The summed E-state index contributed by atoms with van der Waals surface area (Å²) in [7, 11) is 0. The fourth-order valence-corrected chi connectivity index (χ4v) is 2.06. The Morgan fingerprint density at radius 1 is 1.19 bits per heavy atom. The number of halogens is 1. The molecule has 4 nitrogen and oxygen atoms in total. The van der Waals surface area contributed by atoms with Crippen molar-refractivity contribution >= 4 is 11.6 Å². The summed E-state index contributed by atoms with van der Waals surface area (Å²) >= 11 is 0. The van der Waals surface area contributed by atoms with Crippen LogP contribution in [-0.2, 0) is 0 Å². The van der Waals surface area contributed by atoms with Gasteiger partial charge < -0.3 is 11.1 Å². The summed E-state index contributed by atoms with van der Waals surface area (Å²) < 4.78 is 13.0. The van der Waals surface area contributed by atoms with E-state index in [0.29, 0.717) is 11.4 Å². The van der Waals surface area contributed by atoms with Gasteiger partial charge in [-0.3, -0.25) is 4.79 Å². The lowest BCUT2D eigenvalue weighted by Gasteiger charge is -2.22. The lowest BCUT2D eigenvalue weighted by Crippen LogP contribution is -2.32. The Hall–Kier alpha value is -2.43. The molecule has 21 heavy (non-hydrogen) atoms. The molecule has 1 atom stereocenters. The average Bonchev–Trinajstić information content (AvgIpc) is 2.46. The van der Waals surface area contributed by atoms with E-state index in [1.165, 1.54) is 18.3 Å². The number of anilines is 1. The van der Waals surface area contributed by atoms with Crippen molar-refractivity contribution in [1.82, 2.24) is 10.3 Å². The van der Waals surface area contributed by atoms with E-state index < -0.39 is 0 Å². The summed E-state index contributed by atoms with van der Waals surface area (Å²) in [5.41, 5.74) is 7.22. The number of pyridine rings is 1. The summed E-state index contributed by atoms with van der Waals surface area (Å²) in [6.07, 6.45) is 1.44. The molecule has 1 aromatic heterocycles. The molecule has 1 heterocycles. The van der Waals surface area contributed by atoms with Crippen LogP contribution in [0.3, 0.4) is 0 Å². The first kappa shape index (κ1) is 15.0. The van der Waals surface area contributed by atoms with Crippen molar-refractivity contribution in [3.8, 4) is 0 Å². The van der Waals surface area contributed by atoms with Crippen LogP contribution in [-0.4, -0.2) is 10.9 Å². The maximum atomic E-state index is 13.0. The van der Waals surface area contributed by atoms with Crippen LogP contribution < -0.4 is 11.1 Å². The number of hydrogen-bond donors (Lipinski definition) is 2. The maximum Gasteiger partial charge on any atom is 0.270 e. The van der Waals surface area contributed by atoms with E-state index in [-0.39, 0.29) is 23.7 Å². The zero-order chi connectivity index (χ0) is 15.4. The second kappa shape index (κ2) is 6.35. The quantitative estimate of drug-likeness (QED) is 0.908. The highest BCUT2D eigenvalue weighted by atomic mass is 19.1. The minimum atomic E-state index is -0.298. The third-order valence-corrected chi connectivity index (χ3v) is 3.20. The summed E-state index contributed by atoms with van der Waals surface area (Å²) in [6, 6.07) is 9.12. The normalized spacial score (nSPS) is 12.2. The summed E-state index contributed by atoms with van der Waals surface area (Å²) in [5.74, 6) is -0.418. The minimum Gasteiger partial charge on any atom is -0.397 e. The summed E-state index contributed by atoms with van der Waals surface area (Å²) in [6.45, 7) is 3.98. The Morgan fingerprint density at radius 3 is 2.38 bits per heavy atom. The van der Waals surface area contributed by atoms with Crippen molar-refractivity contribution in [2.24, 2.45) is 5.92 Å². The molecule has 0 bridgehead atoms. The zero-order valence-corrected chi connectivity index (χ0v) is 12.0. The van der Waals surface area contributed by atoms with Crippen LogP contribution in [0, 0.1) is 11.7 Å². The Labute approximate surface area is 123 Å². The molecule has 1 unspecified atom stereocenters. The van der Waals surface area contributed by atoms with Crippen molar-refractivity contribution < 1.29 is 9.18 Å². The van der Waals surface area contributed by atoms with Gasteiger partial charge in [0.05, 0.1) is 17.9 Å². The van der Waals surface area contributed by atoms with Gasteiger partial charge >= 0.3 is 0 Å². The molecule has 0 saturated heterocycles. The van der Waals surface area contributed by atoms with E-state index in [2.05, 4.69) is 10.3 Å².